The number of halogens is 1. The Hall–Kier alpha value is -1.93. The molecule has 3 rings (SSSR count). The number of carbonyl (C=O) groups excluding carboxylic acids is 2. The van der Waals surface area contributed by atoms with E-state index in [0.29, 0.717) is 27.3 Å². The van der Waals surface area contributed by atoms with Crippen molar-refractivity contribution < 1.29 is 9.59 Å². The van der Waals surface area contributed by atoms with Crippen molar-refractivity contribution in [3.8, 4) is 0 Å². The monoisotopic (exact) mass is 256 g/mol. The second kappa shape index (κ2) is 3.79. The highest BCUT2D eigenvalue weighted by Gasteiger charge is 2.29. The summed E-state index contributed by atoms with van der Waals surface area (Å²) in [6.45, 7) is 1.82. The molecule has 18 heavy (non-hydrogen) atoms. The van der Waals surface area contributed by atoms with Gasteiger partial charge in [0.15, 0.2) is 11.6 Å². The molecule has 0 heterocycles. The van der Waals surface area contributed by atoms with Crippen LogP contribution in [0.4, 0.5) is 0 Å². The summed E-state index contributed by atoms with van der Waals surface area (Å²) in [5.41, 5.74) is 2.57. The van der Waals surface area contributed by atoms with Crippen molar-refractivity contribution in [1.29, 1.82) is 0 Å². The first-order valence-corrected chi connectivity index (χ1v) is 5.96. The summed E-state index contributed by atoms with van der Waals surface area (Å²) in [6, 6.07) is 10.1. The molecule has 0 spiro atoms. The topological polar surface area (TPSA) is 34.1 Å². The Bertz CT molecular complexity index is 642. The van der Waals surface area contributed by atoms with Gasteiger partial charge in [-0.05, 0) is 24.6 Å². The molecule has 0 N–H and O–H groups in total. The number of fused-ring (bicyclic) bond motifs is 2. The smallest absolute Gasteiger partial charge is 0.194 e. The van der Waals surface area contributed by atoms with Gasteiger partial charge in [0.25, 0.3) is 0 Å². The van der Waals surface area contributed by atoms with E-state index in [0.717, 1.165) is 5.56 Å². The van der Waals surface area contributed by atoms with Gasteiger partial charge in [0.05, 0.1) is 0 Å². The molecule has 3 heteroatoms. The van der Waals surface area contributed by atoms with Crippen molar-refractivity contribution >= 4 is 23.2 Å². The van der Waals surface area contributed by atoms with Gasteiger partial charge in [0.1, 0.15) is 0 Å². The minimum Gasteiger partial charge on any atom is -0.289 e. The summed E-state index contributed by atoms with van der Waals surface area (Å²) in [6.07, 6.45) is 0. The average Bonchev–Trinajstić information content (AvgIpc) is 2.38. The van der Waals surface area contributed by atoms with E-state index >= 15 is 0 Å². The average molecular weight is 257 g/mol. The molecule has 0 amide bonds. The highest BCUT2D eigenvalue weighted by atomic mass is 35.5. The molecule has 0 saturated carbocycles. The molecule has 2 aromatic rings. The van der Waals surface area contributed by atoms with E-state index in [4.69, 9.17) is 11.6 Å². The predicted octanol–water partition coefficient (Wildman–Crippen LogP) is 3.42. The first-order chi connectivity index (χ1) is 8.59. The zero-order valence-electron chi connectivity index (χ0n) is 9.66. The lowest BCUT2D eigenvalue weighted by molar-refractivity contribution is 0.0979. The Morgan fingerprint density at radius 2 is 1.33 bits per heavy atom. The Morgan fingerprint density at radius 3 is 1.89 bits per heavy atom. The molecule has 1 aliphatic carbocycles. The second-order valence-electron chi connectivity index (χ2n) is 4.35. The zero-order chi connectivity index (χ0) is 12.9. The maximum absolute atomic E-state index is 12.3. The van der Waals surface area contributed by atoms with Gasteiger partial charge >= 0.3 is 0 Å². The van der Waals surface area contributed by atoms with Gasteiger partial charge in [-0.1, -0.05) is 35.9 Å². The summed E-state index contributed by atoms with van der Waals surface area (Å²) < 4.78 is 0. The molecule has 88 valence electrons. The fraction of sp³-hybridized carbons (Fsp3) is 0.0667. The molecule has 0 aliphatic heterocycles. The van der Waals surface area contributed by atoms with Crippen LogP contribution in [0.2, 0.25) is 5.02 Å². The predicted molar refractivity (Wildman–Crippen MR) is 69.5 cm³/mol. The lowest BCUT2D eigenvalue weighted by Gasteiger charge is -2.18. The van der Waals surface area contributed by atoms with Crippen molar-refractivity contribution in [2.24, 2.45) is 0 Å². The van der Waals surface area contributed by atoms with E-state index in [9.17, 15) is 9.59 Å². The van der Waals surface area contributed by atoms with Gasteiger partial charge in [-0.15, -0.1) is 0 Å². The van der Waals surface area contributed by atoms with Crippen molar-refractivity contribution in [2.45, 2.75) is 6.92 Å². The normalized spacial score (nSPS) is 13.2. The van der Waals surface area contributed by atoms with Crippen LogP contribution in [0.25, 0.3) is 0 Å². The highest BCUT2D eigenvalue weighted by molar-refractivity contribution is 6.34. The van der Waals surface area contributed by atoms with E-state index in [1.54, 1.807) is 36.4 Å². The first-order valence-electron chi connectivity index (χ1n) is 5.58. The van der Waals surface area contributed by atoms with Crippen LogP contribution in [0, 0.1) is 6.92 Å². The molecule has 2 aromatic carbocycles. The number of ketones is 2. The molecule has 0 bridgehead atoms. The number of rotatable bonds is 0. The molecule has 0 radical (unpaired) electrons. The number of hydrogen-bond donors (Lipinski definition) is 0. The number of carbonyl (C=O) groups is 2. The van der Waals surface area contributed by atoms with Crippen LogP contribution in [0.3, 0.4) is 0 Å². The van der Waals surface area contributed by atoms with E-state index in [1.807, 2.05) is 6.92 Å². The Balaban J connectivity index is 2.34. The summed E-state index contributed by atoms with van der Waals surface area (Å²) >= 11 is 6.02. The maximum Gasteiger partial charge on any atom is 0.194 e. The summed E-state index contributed by atoms with van der Waals surface area (Å²) in [4.78, 5) is 24.6. The number of benzene rings is 2. The molecule has 0 fully saturated rings. The molecular weight excluding hydrogens is 248 g/mol. The Morgan fingerprint density at radius 1 is 0.833 bits per heavy atom. The highest BCUT2D eigenvalue weighted by Crippen LogP contribution is 2.30. The van der Waals surface area contributed by atoms with Crippen molar-refractivity contribution in [3.63, 3.8) is 0 Å². The quantitative estimate of drug-likeness (QED) is 0.618. The first kappa shape index (κ1) is 11.2. The Labute approximate surface area is 109 Å². The molecule has 0 aromatic heterocycles. The van der Waals surface area contributed by atoms with Crippen LogP contribution >= 0.6 is 11.6 Å². The van der Waals surface area contributed by atoms with E-state index < -0.39 is 0 Å². The van der Waals surface area contributed by atoms with Crippen molar-refractivity contribution in [1.82, 2.24) is 0 Å². The molecule has 0 atom stereocenters. The minimum absolute atomic E-state index is 0.111. The lowest BCUT2D eigenvalue weighted by Crippen LogP contribution is -2.20. The zero-order valence-corrected chi connectivity index (χ0v) is 10.4. The fourth-order valence-electron chi connectivity index (χ4n) is 2.23. The molecule has 2 nitrogen and oxygen atoms in total. The summed E-state index contributed by atoms with van der Waals surface area (Å²) in [7, 11) is 0. The van der Waals surface area contributed by atoms with Gasteiger partial charge in [-0.3, -0.25) is 9.59 Å². The van der Waals surface area contributed by atoms with Crippen LogP contribution in [0.15, 0.2) is 36.4 Å². The van der Waals surface area contributed by atoms with Crippen molar-refractivity contribution in [2.75, 3.05) is 0 Å². The fourth-order valence-corrected chi connectivity index (χ4v) is 2.39. The maximum atomic E-state index is 12.3. The summed E-state index contributed by atoms with van der Waals surface area (Å²) in [5.74, 6) is -0.248. The lowest BCUT2D eigenvalue weighted by atomic mass is 9.83. The van der Waals surface area contributed by atoms with Gasteiger partial charge in [0, 0.05) is 27.3 Å². The third kappa shape index (κ3) is 1.42. The number of hydrogen-bond acceptors (Lipinski definition) is 2. The largest absolute Gasteiger partial charge is 0.289 e. The molecule has 0 saturated heterocycles. The van der Waals surface area contributed by atoms with Gasteiger partial charge < -0.3 is 0 Å². The SMILES string of the molecule is Cc1cc2c(cc1Cl)C(=O)c1ccccc1C2=O. The van der Waals surface area contributed by atoms with Gasteiger partial charge in [0.2, 0.25) is 0 Å². The molecule has 0 unspecified atom stereocenters. The Kier molecular flexibility index (Phi) is 2.35. The van der Waals surface area contributed by atoms with Crippen LogP contribution < -0.4 is 0 Å². The van der Waals surface area contributed by atoms with Crippen molar-refractivity contribution in [3.05, 3.63) is 69.2 Å². The van der Waals surface area contributed by atoms with E-state index in [-0.39, 0.29) is 11.6 Å². The standard InChI is InChI=1S/C15H9ClO2/c1-8-6-11-12(7-13(8)16)15(18)10-5-3-2-4-9(10)14(11)17/h2-7H,1H3. The van der Waals surface area contributed by atoms with E-state index in [2.05, 4.69) is 0 Å². The van der Waals surface area contributed by atoms with Gasteiger partial charge in [-0.25, -0.2) is 0 Å². The van der Waals surface area contributed by atoms with Crippen LogP contribution in [0.5, 0.6) is 0 Å². The van der Waals surface area contributed by atoms with Gasteiger partial charge in [-0.2, -0.15) is 0 Å². The third-order valence-electron chi connectivity index (χ3n) is 3.20. The second-order valence-corrected chi connectivity index (χ2v) is 4.76. The van der Waals surface area contributed by atoms with E-state index in [1.165, 1.54) is 0 Å². The van der Waals surface area contributed by atoms with Crippen LogP contribution in [-0.2, 0) is 0 Å². The third-order valence-corrected chi connectivity index (χ3v) is 3.61. The minimum atomic E-state index is -0.137. The molecular formula is C15H9ClO2. The summed E-state index contributed by atoms with van der Waals surface area (Å²) in [5, 5.41) is 0.509. The van der Waals surface area contributed by atoms with Crippen LogP contribution in [0.1, 0.15) is 37.4 Å². The van der Waals surface area contributed by atoms with Crippen LogP contribution in [-0.4, -0.2) is 11.6 Å². The molecule has 1 aliphatic rings. The number of aryl methyl sites for hydroxylation is 1.